The second-order valence-corrected chi connectivity index (χ2v) is 4.20. The summed E-state index contributed by atoms with van der Waals surface area (Å²) in [5.41, 5.74) is 0. The van der Waals surface area contributed by atoms with E-state index < -0.39 is 24.1 Å². The molecule has 0 aromatic carbocycles. The molecule has 1 saturated heterocycles. The Balaban J connectivity index is 2.23. The zero-order valence-corrected chi connectivity index (χ0v) is 7.98. The van der Waals surface area contributed by atoms with Crippen molar-refractivity contribution in [3.8, 4) is 0 Å². The summed E-state index contributed by atoms with van der Waals surface area (Å²) in [5.74, 6) is -1.17. The Morgan fingerprint density at radius 1 is 1.38 bits per heavy atom. The molecule has 0 aromatic heterocycles. The Morgan fingerprint density at radius 2 is 2.00 bits per heavy atom. The Labute approximate surface area is 76.8 Å². The maximum absolute atomic E-state index is 11.5. The molecule has 2 aliphatic rings. The fraction of sp³-hybridized carbons (Fsp3) is 0.889. The Morgan fingerprint density at radius 3 is 2.54 bits per heavy atom. The van der Waals surface area contributed by atoms with Gasteiger partial charge in [-0.2, -0.15) is 0 Å². The molecule has 0 unspecified atom stereocenters. The molecule has 1 heterocycles. The Bertz CT molecular complexity index is 248. The van der Waals surface area contributed by atoms with Gasteiger partial charge in [-0.1, -0.05) is 6.92 Å². The smallest absolute Gasteiger partial charge is 0.169 e. The molecular formula is C9H14O4. The van der Waals surface area contributed by atoms with Gasteiger partial charge in [0.25, 0.3) is 0 Å². The fourth-order valence-corrected chi connectivity index (χ4v) is 1.97. The molecule has 0 spiro atoms. The molecule has 1 saturated carbocycles. The number of hydrogen-bond acceptors (Lipinski definition) is 4. The predicted octanol–water partition coefficient (Wildman–Crippen LogP) is 0.0862. The number of hydrogen-bond donors (Lipinski definition) is 1. The molecule has 13 heavy (non-hydrogen) atoms. The molecule has 0 radical (unpaired) electrons. The molecule has 1 N–H and O–H groups in total. The maximum atomic E-state index is 11.5. The van der Waals surface area contributed by atoms with Crippen LogP contribution in [0, 0.1) is 5.92 Å². The maximum Gasteiger partial charge on any atom is 0.169 e. The third kappa shape index (κ3) is 1.21. The molecule has 2 fully saturated rings. The summed E-state index contributed by atoms with van der Waals surface area (Å²) in [6.07, 6.45) is -1.77. The summed E-state index contributed by atoms with van der Waals surface area (Å²) in [5, 5.41) is 9.64. The largest absolute Gasteiger partial charge is 0.390 e. The number of carbonyl (C=O) groups is 1. The minimum absolute atomic E-state index is 0.0527. The highest BCUT2D eigenvalue weighted by atomic mass is 16.8. The predicted molar refractivity (Wildman–Crippen MR) is 44.0 cm³/mol. The monoisotopic (exact) mass is 186 g/mol. The van der Waals surface area contributed by atoms with Gasteiger partial charge in [-0.3, -0.25) is 4.79 Å². The lowest BCUT2D eigenvalue weighted by atomic mass is 10.1. The van der Waals surface area contributed by atoms with E-state index in [1.807, 2.05) is 0 Å². The summed E-state index contributed by atoms with van der Waals surface area (Å²) < 4.78 is 10.8. The number of aliphatic hydroxyl groups is 1. The van der Waals surface area contributed by atoms with Crippen molar-refractivity contribution in [3.05, 3.63) is 0 Å². The molecular weight excluding hydrogens is 172 g/mol. The number of rotatable bonds is 0. The van der Waals surface area contributed by atoms with Crippen molar-refractivity contribution in [3.63, 3.8) is 0 Å². The van der Waals surface area contributed by atoms with Crippen molar-refractivity contribution in [2.45, 2.75) is 44.9 Å². The zero-order chi connectivity index (χ0) is 9.80. The van der Waals surface area contributed by atoms with Gasteiger partial charge in [-0.25, -0.2) is 0 Å². The van der Waals surface area contributed by atoms with E-state index in [0.29, 0.717) is 0 Å². The van der Waals surface area contributed by atoms with Gasteiger partial charge in [-0.05, 0) is 13.8 Å². The van der Waals surface area contributed by atoms with E-state index in [4.69, 9.17) is 9.47 Å². The normalized spacial score (nSPS) is 48.2. The first kappa shape index (κ1) is 9.12. The minimum Gasteiger partial charge on any atom is -0.390 e. The van der Waals surface area contributed by atoms with Crippen molar-refractivity contribution in [1.82, 2.24) is 0 Å². The van der Waals surface area contributed by atoms with Gasteiger partial charge in [0, 0.05) is 5.92 Å². The highest BCUT2D eigenvalue weighted by Gasteiger charge is 2.56. The number of ketones is 1. The van der Waals surface area contributed by atoms with Crippen LogP contribution in [0.3, 0.4) is 0 Å². The van der Waals surface area contributed by atoms with E-state index in [-0.39, 0.29) is 11.7 Å². The van der Waals surface area contributed by atoms with Crippen molar-refractivity contribution >= 4 is 5.78 Å². The third-order valence-corrected chi connectivity index (χ3v) is 2.71. The van der Waals surface area contributed by atoms with Gasteiger partial charge in [0.2, 0.25) is 0 Å². The molecule has 2 rings (SSSR count). The molecule has 0 aromatic rings. The summed E-state index contributed by atoms with van der Waals surface area (Å²) in [6.45, 7) is 5.19. The van der Waals surface area contributed by atoms with Crippen molar-refractivity contribution in [2.24, 2.45) is 5.92 Å². The van der Waals surface area contributed by atoms with E-state index >= 15 is 0 Å². The van der Waals surface area contributed by atoms with Crippen LogP contribution < -0.4 is 0 Å². The van der Waals surface area contributed by atoms with E-state index in [9.17, 15) is 9.90 Å². The van der Waals surface area contributed by atoms with Crippen LogP contribution >= 0.6 is 0 Å². The van der Waals surface area contributed by atoms with Crippen molar-refractivity contribution in [2.75, 3.05) is 0 Å². The second kappa shape index (κ2) is 2.53. The minimum atomic E-state index is -0.744. The van der Waals surface area contributed by atoms with E-state index in [1.54, 1.807) is 20.8 Å². The molecule has 0 amide bonds. The third-order valence-electron chi connectivity index (χ3n) is 2.71. The van der Waals surface area contributed by atoms with E-state index in [0.717, 1.165) is 0 Å². The van der Waals surface area contributed by atoms with Gasteiger partial charge in [-0.15, -0.1) is 0 Å². The molecule has 1 aliphatic carbocycles. The summed E-state index contributed by atoms with van der Waals surface area (Å²) in [7, 11) is 0. The summed E-state index contributed by atoms with van der Waals surface area (Å²) >= 11 is 0. The average Bonchev–Trinajstić information content (AvgIpc) is 2.44. The van der Waals surface area contributed by atoms with Crippen LogP contribution in [0.5, 0.6) is 0 Å². The van der Waals surface area contributed by atoms with Gasteiger partial charge < -0.3 is 14.6 Å². The molecule has 4 heteroatoms. The average molecular weight is 186 g/mol. The number of ether oxygens (including phenoxy) is 2. The topological polar surface area (TPSA) is 55.8 Å². The van der Waals surface area contributed by atoms with E-state index in [1.165, 1.54) is 0 Å². The van der Waals surface area contributed by atoms with Crippen LogP contribution in [0.25, 0.3) is 0 Å². The van der Waals surface area contributed by atoms with Crippen LogP contribution in [0.15, 0.2) is 0 Å². The van der Waals surface area contributed by atoms with Gasteiger partial charge >= 0.3 is 0 Å². The van der Waals surface area contributed by atoms with Crippen LogP contribution in [0.1, 0.15) is 20.8 Å². The fourth-order valence-electron chi connectivity index (χ4n) is 1.97. The molecule has 4 nitrogen and oxygen atoms in total. The molecule has 0 bridgehead atoms. The molecule has 4 atom stereocenters. The van der Waals surface area contributed by atoms with Crippen molar-refractivity contribution in [1.29, 1.82) is 0 Å². The first-order chi connectivity index (χ1) is 5.92. The first-order valence-electron chi connectivity index (χ1n) is 4.50. The van der Waals surface area contributed by atoms with Crippen LogP contribution in [-0.2, 0) is 14.3 Å². The standard InChI is InChI=1S/C9H14O4/c1-4-5(10)7-8(6(4)11)13-9(2,3)12-7/h4-5,7-8,10H,1-3H3/t4-,5-,7+,8-/m0/s1. The molecule has 74 valence electrons. The quantitative estimate of drug-likeness (QED) is 0.582. The molecule has 1 aliphatic heterocycles. The highest BCUT2D eigenvalue weighted by Crippen LogP contribution is 2.38. The first-order valence-corrected chi connectivity index (χ1v) is 4.50. The van der Waals surface area contributed by atoms with Crippen LogP contribution in [0.4, 0.5) is 0 Å². The van der Waals surface area contributed by atoms with Gasteiger partial charge in [0.05, 0.1) is 6.10 Å². The second-order valence-electron chi connectivity index (χ2n) is 4.20. The lowest BCUT2D eigenvalue weighted by Crippen LogP contribution is -2.31. The van der Waals surface area contributed by atoms with Gasteiger partial charge in [0.15, 0.2) is 11.6 Å². The van der Waals surface area contributed by atoms with Crippen molar-refractivity contribution < 1.29 is 19.4 Å². The van der Waals surface area contributed by atoms with Crippen LogP contribution in [-0.4, -0.2) is 35.0 Å². The zero-order valence-electron chi connectivity index (χ0n) is 7.98. The summed E-state index contributed by atoms with van der Waals surface area (Å²) in [6, 6.07) is 0. The van der Waals surface area contributed by atoms with Gasteiger partial charge in [0.1, 0.15) is 12.2 Å². The number of aliphatic hydroxyl groups excluding tert-OH is 1. The number of fused-ring (bicyclic) bond motifs is 1. The van der Waals surface area contributed by atoms with E-state index in [2.05, 4.69) is 0 Å². The highest BCUT2D eigenvalue weighted by molar-refractivity contribution is 5.89. The number of carbonyl (C=O) groups excluding carboxylic acids is 1. The lowest BCUT2D eigenvalue weighted by molar-refractivity contribution is -0.171. The Kier molecular flexibility index (Phi) is 1.77. The van der Waals surface area contributed by atoms with Crippen LogP contribution in [0.2, 0.25) is 0 Å². The number of Topliss-reactive ketones (excluding diaryl/α,β-unsaturated/α-hetero) is 1. The lowest BCUT2D eigenvalue weighted by Gasteiger charge is -2.20. The Hall–Kier alpha value is -0.450. The SMILES string of the molecule is C[C@@H]1C(=O)[C@@H]2OC(C)(C)O[C@@H]2[C@H]1O. The summed E-state index contributed by atoms with van der Waals surface area (Å²) in [4.78, 5) is 11.5.